The summed E-state index contributed by atoms with van der Waals surface area (Å²) in [4.78, 5) is 41.5. The zero-order chi connectivity index (χ0) is 23.3. The smallest absolute Gasteiger partial charge is 0.258 e. The quantitative estimate of drug-likeness (QED) is 0.726. The van der Waals surface area contributed by atoms with Gasteiger partial charge >= 0.3 is 0 Å². The molecule has 3 aliphatic rings. The summed E-state index contributed by atoms with van der Waals surface area (Å²) in [6, 6.07) is 8.43. The SMILES string of the molecule is CCC(=O)N1[C@@H]2c3ccc(-c4ccccc4F)c(=O)n3C[C@H]1[C@H](CO)[C@H]2C(=O)NC1CCC1. The molecule has 33 heavy (non-hydrogen) atoms. The number of nitrogens with one attached hydrogen (secondary N) is 1. The molecule has 2 aliphatic heterocycles. The van der Waals surface area contributed by atoms with Gasteiger partial charge in [-0.2, -0.15) is 0 Å². The number of hydrogen-bond acceptors (Lipinski definition) is 4. The number of carbonyl (C=O) groups excluding carboxylic acids is 2. The third-order valence-corrected chi connectivity index (χ3v) is 7.55. The lowest BCUT2D eigenvalue weighted by atomic mass is 9.85. The molecule has 2 N–H and O–H groups in total. The van der Waals surface area contributed by atoms with Crippen LogP contribution in [0.1, 0.15) is 44.3 Å². The maximum Gasteiger partial charge on any atom is 0.258 e. The van der Waals surface area contributed by atoms with Crippen molar-refractivity contribution in [2.75, 3.05) is 6.61 Å². The van der Waals surface area contributed by atoms with Gasteiger partial charge in [-0.3, -0.25) is 14.4 Å². The molecular weight excluding hydrogens is 425 g/mol. The summed E-state index contributed by atoms with van der Waals surface area (Å²) in [5, 5.41) is 13.4. The van der Waals surface area contributed by atoms with E-state index in [9.17, 15) is 23.9 Å². The molecule has 2 amide bonds. The van der Waals surface area contributed by atoms with Gasteiger partial charge in [0.1, 0.15) is 5.82 Å². The van der Waals surface area contributed by atoms with Gasteiger partial charge in [0.25, 0.3) is 5.56 Å². The number of rotatable bonds is 5. The molecular formula is C25H28FN3O4. The van der Waals surface area contributed by atoms with Crippen molar-refractivity contribution < 1.29 is 19.1 Å². The summed E-state index contributed by atoms with van der Waals surface area (Å²) >= 11 is 0. The molecule has 1 aliphatic carbocycles. The van der Waals surface area contributed by atoms with Crippen molar-refractivity contribution in [2.24, 2.45) is 11.8 Å². The summed E-state index contributed by atoms with van der Waals surface area (Å²) in [6.07, 6.45) is 3.19. The summed E-state index contributed by atoms with van der Waals surface area (Å²) in [6.45, 7) is 1.67. The van der Waals surface area contributed by atoms with Crippen LogP contribution in [-0.2, 0) is 16.1 Å². The van der Waals surface area contributed by atoms with Crippen LogP contribution in [0.25, 0.3) is 11.1 Å². The van der Waals surface area contributed by atoms with Crippen LogP contribution in [0.2, 0.25) is 0 Å². The van der Waals surface area contributed by atoms with E-state index < -0.39 is 29.7 Å². The normalized spacial score (nSPS) is 26.0. The number of hydrogen-bond donors (Lipinski definition) is 2. The highest BCUT2D eigenvalue weighted by atomic mass is 19.1. The van der Waals surface area contributed by atoms with Gasteiger partial charge in [0.05, 0.1) is 23.6 Å². The van der Waals surface area contributed by atoms with Crippen LogP contribution in [0.4, 0.5) is 4.39 Å². The van der Waals surface area contributed by atoms with Gasteiger partial charge in [0.15, 0.2) is 0 Å². The number of aliphatic hydroxyl groups is 1. The Balaban J connectivity index is 1.62. The largest absolute Gasteiger partial charge is 0.396 e. The monoisotopic (exact) mass is 453 g/mol. The number of aromatic nitrogens is 1. The molecule has 1 saturated carbocycles. The van der Waals surface area contributed by atoms with Gasteiger partial charge in [-0.15, -0.1) is 0 Å². The van der Waals surface area contributed by atoms with Crippen molar-refractivity contribution in [2.45, 2.75) is 57.3 Å². The van der Waals surface area contributed by atoms with Gasteiger partial charge < -0.3 is 19.9 Å². The average Bonchev–Trinajstić information content (AvgIpc) is 3.03. The van der Waals surface area contributed by atoms with E-state index in [1.807, 2.05) is 0 Å². The first kappa shape index (κ1) is 21.8. The number of amides is 2. The highest BCUT2D eigenvalue weighted by molar-refractivity contribution is 5.84. The molecule has 2 aromatic rings. The Morgan fingerprint density at radius 3 is 2.55 bits per heavy atom. The van der Waals surface area contributed by atoms with Crippen molar-refractivity contribution in [3.8, 4) is 11.1 Å². The van der Waals surface area contributed by atoms with E-state index in [0.29, 0.717) is 5.69 Å². The van der Waals surface area contributed by atoms with Crippen LogP contribution in [0.5, 0.6) is 0 Å². The van der Waals surface area contributed by atoms with Crippen LogP contribution < -0.4 is 10.9 Å². The molecule has 1 aromatic carbocycles. The van der Waals surface area contributed by atoms with Crippen LogP contribution in [0.3, 0.4) is 0 Å². The van der Waals surface area contributed by atoms with E-state index in [4.69, 9.17) is 0 Å². The Hall–Kier alpha value is -3.00. The highest BCUT2D eigenvalue weighted by Crippen LogP contribution is 2.49. The van der Waals surface area contributed by atoms with E-state index in [0.717, 1.165) is 19.3 Å². The first-order valence-corrected chi connectivity index (χ1v) is 11.7. The molecule has 7 nitrogen and oxygen atoms in total. The predicted molar refractivity (Wildman–Crippen MR) is 120 cm³/mol. The second-order valence-electron chi connectivity index (χ2n) is 9.24. The second kappa shape index (κ2) is 8.41. The molecule has 8 heteroatoms. The minimum atomic E-state index is -0.649. The lowest BCUT2D eigenvalue weighted by Crippen LogP contribution is -2.49. The van der Waals surface area contributed by atoms with Gasteiger partial charge in [-0.25, -0.2) is 4.39 Å². The Morgan fingerprint density at radius 1 is 1.15 bits per heavy atom. The van der Waals surface area contributed by atoms with E-state index in [1.54, 1.807) is 46.7 Å². The second-order valence-corrected chi connectivity index (χ2v) is 9.24. The Bertz CT molecular complexity index is 1160. The maximum absolute atomic E-state index is 14.4. The number of benzene rings is 1. The van der Waals surface area contributed by atoms with Crippen molar-refractivity contribution >= 4 is 11.8 Å². The molecule has 4 atom stereocenters. The maximum atomic E-state index is 14.4. The molecule has 0 radical (unpaired) electrons. The number of aliphatic hydroxyl groups excluding tert-OH is 1. The lowest BCUT2D eigenvalue weighted by molar-refractivity contribution is -0.136. The molecule has 0 unspecified atom stereocenters. The fourth-order valence-electron chi connectivity index (χ4n) is 5.67. The number of nitrogens with zero attached hydrogens (tertiary/aromatic N) is 2. The van der Waals surface area contributed by atoms with Gasteiger partial charge in [-0.05, 0) is 37.5 Å². The number of pyridine rings is 1. The summed E-state index contributed by atoms with van der Waals surface area (Å²) in [7, 11) is 0. The van der Waals surface area contributed by atoms with E-state index in [-0.39, 0.29) is 54.1 Å². The average molecular weight is 454 g/mol. The Kier molecular flexibility index (Phi) is 5.56. The highest BCUT2D eigenvalue weighted by Gasteiger charge is 2.57. The third-order valence-electron chi connectivity index (χ3n) is 7.55. The minimum Gasteiger partial charge on any atom is -0.396 e. The fraction of sp³-hybridized carbons (Fsp3) is 0.480. The van der Waals surface area contributed by atoms with Gasteiger partial charge in [0.2, 0.25) is 11.8 Å². The standard InChI is InChI=1S/C25H28FN3O4/c1-2-21(31)29-20-12-28-19(11-10-16(25(28)33)15-8-3-4-9-18(15)26)23(29)22(17(20)13-30)24(32)27-14-6-5-7-14/h3-4,8-11,14,17,20,22-23,30H,2,5-7,12-13H2,1H3,(H,27,32)/t17-,20-,22+,23+/m0/s1. The molecule has 3 heterocycles. The van der Waals surface area contributed by atoms with Gasteiger partial charge in [0, 0.05) is 42.8 Å². The van der Waals surface area contributed by atoms with Crippen molar-refractivity contribution in [1.29, 1.82) is 0 Å². The van der Waals surface area contributed by atoms with Crippen molar-refractivity contribution in [3.63, 3.8) is 0 Å². The lowest BCUT2D eigenvalue weighted by Gasteiger charge is -2.38. The van der Waals surface area contributed by atoms with E-state index >= 15 is 0 Å². The number of carbonyl (C=O) groups is 2. The first-order chi connectivity index (χ1) is 16.0. The zero-order valence-corrected chi connectivity index (χ0v) is 18.5. The predicted octanol–water partition coefficient (Wildman–Crippen LogP) is 2.22. The van der Waals surface area contributed by atoms with Crippen molar-refractivity contribution in [3.05, 3.63) is 58.3 Å². The molecule has 2 fully saturated rings. The third kappa shape index (κ3) is 3.39. The summed E-state index contributed by atoms with van der Waals surface area (Å²) in [5.74, 6) is -1.91. The van der Waals surface area contributed by atoms with E-state index in [2.05, 4.69) is 5.32 Å². The Labute approximate surface area is 191 Å². The first-order valence-electron chi connectivity index (χ1n) is 11.7. The molecule has 1 aromatic heterocycles. The minimum absolute atomic E-state index is 0.112. The summed E-state index contributed by atoms with van der Waals surface area (Å²) < 4.78 is 16.0. The van der Waals surface area contributed by atoms with Crippen LogP contribution in [-0.4, -0.2) is 45.1 Å². The Morgan fingerprint density at radius 2 is 1.91 bits per heavy atom. The number of fused-ring (bicyclic) bond motifs is 4. The zero-order valence-electron chi connectivity index (χ0n) is 18.5. The van der Waals surface area contributed by atoms with Crippen LogP contribution >= 0.6 is 0 Å². The summed E-state index contributed by atoms with van der Waals surface area (Å²) in [5.41, 5.74) is 0.661. The van der Waals surface area contributed by atoms with E-state index in [1.165, 1.54) is 6.07 Å². The fourth-order valence-corrected chi connectivity index (χ4v) is 5.67. The molecule has 2 bridgehead atoms. The van der Waals surface area contributed by atoms with Gasteiger partial charge in [-0.1, -0.05) is 25.1 Å². The molecule has 174 valence electrons. The molecule has 1 saturated heterocycles. The van der Waals surface area contributed by atoms with Crippen molar-refractivity contribution in [1.82, 2.24) is 14.8 Å². The number of halogens is 1. The topological polar surface area (TPSA) is 91.6 Å². The van der Waals surface area contributed by atoms with Crippen LogP contribution in [0, 0.1) is 17.7 Å². The van der Waals surface area contributed by atoms with Crippen LogP contribution in [0.15, 0.2) is 41.2 Å². The molecule has 0 spiro atoms. The molecule has 5 rings (SSSR count).